The second-order valence-electron chi connectivity index (χ2n) is 8.61. The summed E-state index contributed by atoms with van der Waals surface area (Å²) < 4.78 is 25.7. The predicted molar refractivity (Wildman–Crippen MR) is 122 cm³/mol. The molecule has 9 heteroatoms. The third-order valence-electron chi connectivity index (χ3n) is 5.02. The maximum atomic E-state index is 12.9. The number of hydrogen-bond donors (Lipinski definition) is 1. The van der Waals surface area contributed by atoms with E-state index < -0.39 is 26.9 Å². The van der Waals surface area contributed by atoms with Crippen LogP contribution in [0.3, 0.4) is 0 Å². The largest absolute Gasteiger partial charge is 0.348 e. The quantitative estimate of drug-likeness (QED) is 0.511. The van der Waals surface area contributed by atoms with Crippen LogP contribution in [0.4, 0.5) is 11.4 Å². The van der Waals surface area contributed by atoms with Crippen LogP contribution >= 0.6 is 0 Å². The first-order valence-electron chi connectivity index (χ1n) is 9.86. The molecule has 0 aliphatic heterocycles. The number of nitrogens with zero attached hydrogens (tertiary/aromatic N) is 2. The first-order chi connectivity index (χ1) is 14.2. The highest BCUT2D eigenvalue weighted by Gasteiger charge is 2.30. The maximum Gasteiger partial charge on any atom is 0.271 e. The van der Waals surface area contributed by atoms with E-state index in [1.807, 2.05) is 31.2 Å². The van der Waals surface area contributed by atoms with Gasteiger partial charge in [0.25, 0.3) is 5.69 Å². The number of amides is 1. The summed E-state index contributed by atoms with van der Waals surface area (Å²) in [5.74, 6) is -0.510. The monoisotopic (exact) mass is 447 g/mol. The van der Waals surface area contributed by atoms with Crippen LogP contribution in [-0.2, 0) is 20.2 Å². The molecular formula is C22H29N3O5S. The van der Waals surface area contributed by atoms with Gasteiger partial charge in [0.1, 0.15) is 6.04 Å². The Morgan fingerprint density at radius 1 is 1.10 bits per heavy atom. The molecule has 0 spiro atoms. The molecule has 2 rings (SSSR count). The van der Waals surface area contributed by atoms with Crippen molar-refractivity contribution in [1.82, 2.24) is 5.32 Å². The van der Waals surface area contributed by atoms with Gasteiger partial charge in [-0.05, 0) is 36.5 Å². The standard InChI is InChI=1S/C22H29N3O5S/c1-15(17-10-12-18(13-11-17)22(3,4)5)23-21(26)16(2)24(31(6,29)30)19-8-7-9-20(14-19)25(27)28/h7-16H,1-6H3,(H,23,26)/t15-,16+/m1/s1. The molecular weight excluding hydrogens is 418 g/mol. The zero-order valence-corrected chi connectivity index (χ0v) is 19.4. The molecule has 0 bridgehead atoms. The van der Waals surface area contributed by atoms with Crippen molar-refractivity contribution in [3.05, 3.63) is 69.8 Å². The summed E-state index contributed by atoms with van der Waals surface area (Å²) in [6.07, 6.45) is 0.963. The Balaban J connectivity index is 2.26. The molecule has 0 aliphatic carbocycles. The van der Waals surface area contributed by atoms with Gasteiger partial charge in [-0.2, -0.15) is 0 Å². The van der Waals surface area contributed by atoms with Crippen LogP contribution < -0.4 is 9.62 Å². The third kappa shape index (κ3) is 6.04. The van der Waals surface area contributed by atoms with Gasteiger partial charge in [-0.15, -0.1) is 0 Å². The van der Waals surface area contributed by atoms with Gasteiger partial charge in [-0.3, -0.25) is 19.2 Å². The number of carbonyl (C=O) groups excluding carboxylic acids is 1. The van der Waals surface area contributed by atoms with Gasteiger partial charge < -0.3 is 5.32 Å². The molecule has 8 nitrogen and oxygen atoms in total. The average Bonchev–Trinajstić information content (AvgIpc) is 2.66. The Morgan fingerprint density at radius 2 is 1.68 bits per heavy atom. The molecule has 0 fully saturated rings. The van der Waals surface area contributed by atoms with Crippen LogP contribution in [0.5, 0.6) is 0 Å². The number of nitrogens with one attached hydrogen (secondary N) is 1. The molecule has 0 radical (unpaired) electrons. The number of sulfonamides is 1. The third-order valence-corrected chi connectivity index (χ3v) is 6.26. The number of hydrogen-bond acceptors (Lipinski definition) is 5. The lowest BCUT2D eigenvalue weighted by Crippen LogP contribution is -2.48. The average molecular weight is 448 g/mol. The Bertz CT molecular complexity index is 1060. The molecule has 0 saturated carbocycles. The minimum absolute atomic E-state index is 0.00775. The number of nitro benzene ring substituents is 1. The summed E-state index contributed by atoms with van der Waals surface area (Å²) in [5.41, 5.74) is 1.85. The number of carbonyl (C=O) groups is 1. The van der Waals surface area contributed by atoms with E-state index in [-0.39, 0.29) is 22.8 Å². The van der Waals surface area contributed by atoms with E-state index in [0.717, 1.165) is 27.8 Å². The van der Waals surface area contributed by atoms with Crippen molar-refractivity contribution in [3.63, 3.8) is 0 Å². The number of rotatable bonds is 7. The summed E-state index contributed by atoms with van der Waals surface area (Å²) in [5, 5.41) is 13.9. The van der Waals surface area contributed by atoms with Crippen molar-refractivity contribution in [2.24, 2.45) is 0 Å². The maximum absolute atomic E-state index is 12.9. The zero-order chi connectivity index (χ0) is 23.6. The second-order valence-corrected chi connectivity index (χ2v) is 10.5. The van der Waals surface area contributed by atoms with Crippen LogP contribution in [0.25, 0.3) is 0 Å². The van der Waals surface area contributed by atoms with Crippen LogP contribution in [0.1, 0.15) is 51.8 Å². The fraction of sp³-hybridized carbons (Fsp3) is 0.409. The first-order valence-corrected chi connectivity index (χ1v) is 11.7. The first kappa shape index (κ1) is 24.3. The number of benzene rings is 2. The summed E-state index contributed by atoms with van der Waals surface area (Å²) >= 11 is 0. The highest BCUT2D eigenvalue weighted by atomic mass is 32.2. The molecule has 2 atom stereocenters. The van der Waals surface area contributed by atoms with Gasteiger partial charge >= 0.3 is 0 Å². The fourth-order valence-electron chi connectivity index (χ4n) is 3.24. The van der Waals surface area contributed by atoms with Crippen molar-refractivity contribution >= 4 is 27.3 Å². The highest BCUT2D eigenvalue weighted by molar-refractivity contribution is 7.92. The fourth-order valence-corrected chi connectivity index (χ4v) is 4.41. The van der Waals surface area contributed by atoms with E-state index in [1.165, 1.54) is 25.1 Å². The van der Waals surface area contributed by atoms with Crippen molar-refractivity contribution in [1.29, 1.82) is 0 Å². The molecule has 0 unspecified atom stereocenters. The minimum Gasteiger partial charge on any atom is -0.348 e. The van der Waals surface area contributed by atoms with Crippen LogP contribution in [0.15, 0.2) is 48.5 Å². The normalized spacial score (nSPS) is 13.9. The van der Waals surface area contributed by atoms with Crippen LogP contribution in [-0.4, -0.2) is 31.5 Å². The van der Waals surface area contributed by atoms with Crippen molar-refractivity contribution < 1.29 is 18.1 Å². The molecule has 168 valence electrons. The highest BCUT2D eigenvalue weighted by Crippen LogP contribution is 2.26. The van der Waals surface area contributed by atoms with Crippen molar-refractivity contribution in [2.45, 2.75) is 52.1 Å². The molecule has 0 heterocycles. The smallest absolute Gasteiger partial charge is 0.271 e. The van der Waals surface area contributed by atoms with E-state index in [4.69, 9.17) is 0 Å². The van der Waals surface area contributed by atoms with E-state index in [2.05, 4.69) is 26.1 Å². The summed E-state index contributed by atoms with van der Waals surface area (Å²) in [6, 6.07) is 11.6. The van der Waals surface area contributed by atoms with Gasteiger partial charge in [0.2, 0.25) is 15.9 Å². The van der Waals surface area contributed by atoms with Gasteiger partial charge in [0.05, 0.1) is 22.9 Å². The van der Waals surface area contributed by atoms with E-state index in [0.29, 0.717) is 0 Å². The van der Waals surface area contributed by atoms with E-state index in [9.17, 15) is 23.3 Å². The SMILES string of the molecule is C[C@@H](NC(=O)[C@H](C)N(c1cccc([N+](=O)[O-])c1)S(C)(=O)=O)c1ccc(C(C)(C)C)cc1. The lowest BCUT2D eigenvalue weighted by atomic mass is 9.86. The summed E-state index contributed by atoms with van der Waals surface area (Å²) in [7, 11) is -3.88. The Kier molecular flexibility index (Phi) is 7.10. The Hall–Kier alpha value is -2.94. The number of non-ortho nitro benzene ring substituents is 1. The molecule has 1 amide bonds. The van der Waals surface area contributed by atoms with Crippen LogP contribution in [0.2, 0.25) is 0 Å². The molecule has 0 saturated heterocycles. The van der Waals surface area contributed by atoms with Crippen molar-refractivity contribution in [3.8, 4) is 0 Å². The van der Waals surface area contributed by atoms with Gasteiger partial charge in [-0.25, -0.2) is 8.42 Å². The predicted octanol–water partition coefficient (Wildman–Crippen LogP) is 3.92. The lowest BCUT2D eigenvalue weighted by Gasteiger charge is -2.29. The summed E-state index contributed by atoms with van der Waals surface area (Å²) in [4.78, 5) is 23.3. The van der Waals surface area contributed by atoms with Gasteiger partial charge in [0.15, 0.2) is 0 Å². The molecule has 31 heavy (non-hydrogen) atoms. The van der Waals surface area contributed by atoms with Gasteiger partial charge in [-0.1, -0.05) is 51.1 Å². The molecule has 0 aromatic heterocycles. The van der Waals surface area contributed by atoms with Crippen molar-refractivity contribution in [2.75, 3.05) is 10.6 Å². The summed E-state index contributed by atoms with van der Waals surface area (Å²) in [6.45, 7) is 9.60. The molecule has 0 aliphatic rings. The molecule has 1 N–H and O–H groups in total. The topological polar surface area (TPSA) is 110 Å². The van der Waals surface area contributed by atoms with E-state index >= 15 is 0 Å². The molecule has 2 aromatic carbocycles. The zero-order valence-electron chi connectivity index (χ0n) is 18.6. The number of anilines is 1. The number of nitro groups is 1. The van der Waals surface area contributed by atoms with E-state index in [1.54, 1.807) is 0 Å². The Labute approximate surface area is 183 Å². The minimum atomic E-state index is -3.88. The van der Waals surface area contributed by atoms with Gasteiger partial charge in [0, 0.05) is 12.1 Å². The Morgan fingerprint density at radius 3 is 2.16 bits per heavy atom. The van der Waals surface area contributed by atoms with Crippen LogP contribution in [0, 0.1) is 10.1 Å². The lowest BCUT2D eigenvalue weighted by molar-refractivity contribution is -0.384. The molecule has 2 aromatic rings. The second kappa shape index (κ2) is 9.05.